The Kier molecular flexibility index (Phi) is 2.79. The average Bonchev–Trinajstić information content (AvgIpc) is 2.90. The minimum atomic E-state index is 0.187. The highest BCUT2D eigenvalue weighted by Gasteiger charge is 2.21. The molecule has 1 atom stereocenters. The summed E-state index contributed by atoms with van der Waals surface area (Å²) in [4.78, 5) is 12.3. The van der Waals surface area contributed by atoms with Crippen molar-refractivity contribution >= 4 is 0 Å². The van der Waals surface area contributed by atoms with Gasteiger partial charge in [-0.1, -0.05) is 11.6 Å². The van der Waals surface area contributed by atoms with Gasteiger partial charge < -0.3 is 9.84 Å². The molecule has 17 heavy (non-hydrogen) atoms. The predicted molar refractivity (Wildman–Crippen MR) is 59.9 cm³/mol. The molecular formula is C11H13N5O. The van der Waals surface area contributed by atoms with Crippen LogP contribution in [0, 0.1) is 0 Å². The van der Waals surface area contributed by atoms with Gasteiger partial charge in [0.2, 0.25) is 11.7 Å². The van der Waals surface area contributed by atoms with E-state index in [0.717, 1.165) is 13.0 Å². The van der Waals surface area contributed by atoms with Crippen molar-refractivity contribution in [3.63, 3.8) is 0 Å². The molecule has 2 aromatic heterocycles. The van der Waals surface area contributed by atoms with Gasteiger partial charge in [0.15, 0.2) is 0 Å². The quantitative estimate of drug-likeness (QED) is 0.840. The molecule has 0 spiro atoms. The molecule has 0 amide bonds. The Hall–Kier alpha value is -1.82. The van der Waals surface area contributed by atoms with E-state index in [1.54, 1.807) is 12.3 Å². The molecule has 0 radical (unpaired) electrons. The van der Waals surface area contributed by atoms with Crippen molar-refractivity contribution < 1.29 is 4.52 Å². The summed E-state index contributed by atoms with van der Waals surface area (Å²) in [5.41, 5.74) is 0.686. The molecule has 3 heterocycles. The van der Waals surface area contributed by atoms with Crippen molar-refractivity contribution in [3.05, 3.63) is 24.5 Å². The second-order valence-electron chi connectivity index (χ2n) is 4.05. The summed E-state index contributed by atoms with van der Waals surface area (Å²) in [6.07, 6.45) is 6.60. The van der Waals surface area contributed by atoms with Crippen LogP contribution in [0.25, 0.3) is 11.5 Å². The van der Waals surface area contributed by atoms with Crippen LogP contribution < -0.4 is 5.32 Å². The van der Waals surface area contributed by atoms with Crippen LogP contribution in [-0.2, 0) is 0 Å². The van der Waals surface area contributed by atoms with E-state index in [0.29, 0.717) is 17.4 Å². The van der Waals surface area contributed by atoms with Crippen LogP contribution in [0.15, 0.2) is 23.1 Å². The number of nitrogens with zero attached hydrogens (tertiary/aromatic N) is 4. The molecule has 0 aliphatic carbocycles. The molecule has 1 fully saturated rings. The number of nitrogens with one attached hydrogen (secondary N) is 1. The molecule has 0 aromatic carbocycles. The highest BCUT2D eigenvalue weighted by atomic mass is 16.5. The van der Waals surface area contributed by atoms with E-state index >= 15 is 0 Å². The second kappa shape index (κ2) is 4.58. The lowest BCUT2D eigenvalue weighted by molar-refractivity contribution is 0.297. The average molecular weight is 231 g/mol. The van der Waals surface area contributed by atoms with Crippen molar-refractivity contribution in [2.75, 3.05) is 6.54 Å². The lowest BCUT2D eigenvalue weighted by Crippen LogP contribution is -2.26. The molecule has 6 nitrogen and oxygen atoms in total. The molecule has 88 valence electrons. The minimum absolute atomic E-state index is 0.187. The maximum Gasteiger partial charge on any atom is 0.244 e. The molecule has 0 saturated carbocycles. The van der Waals surface area contributed by atoms with Crippen molar-refractivity contribution in [1.82, 2.24) is 25.4 Å². The van der Waals surface area contributed by atoms with Crippen LogP contribution in [0.2, 0.25) is 0 Å². The smallest absolute Gasteiger partial charge is 0.244 e. The molecule has 1 saturated heterocycles. The number of hydrogen-bond donors (Lipinski definition) is 1. The molecule has 1 aliphatic heterocycles. The molecule has 6 heteroatoms. The molecule has 2 aromatic rings. The topological polar surface area (TPSA) is 76.7 Å². The first-order valence-corrected chi connectivity index (χ1v) is 5.77. The predicted octanol–water partition coefficient (Wildman–Crippen LogP) is 1.34. The Morgan fingerprint density at radius 2 is 2.35 bits per heavy atom. The van der Waals surface area contributed by atoms with Crippen molar-refractivity contribution in [2.45, 2.75) is 25.3 Å². The van der Waals surface area contributed by atoms with Crippen molar-refractivity contribution in [1.29, 1.82) is 0 Å². The first-order valence-electron chi connectivity index (χ1n) is 5.77. The Bertz CT molecular complexity index is 478. The van der Waals surface area contributed by atoms with Gasteiger partial charge in [0, 0.05) is 6.20 Å². The number of piperidine rings is 1. The van der Waals surface area contributed by atoms with Gasteiger partial charge >= 0.3 is 0 Å². The van der Waals surface area contributed by atoms with E-state index in [4.69, 9.17) is 4.52 Å². The van der Waals surface area contributed by atoms with Gasteiger partial charge in [-0.25, -0.2) is 9.97 Å². The zero-order valence-corrected chi connectivity index (χ0v) is 9.33. The van der Waals surface area contributed by atoms with Gasteiger partial charge in [0.25, 0.3) is 0 Å². The first kappa shape index (κ1) is 10.3. The van der Waals surface area contributed by atoms with Gasteiger partial charge in [-0.15, -0.1) is 0 Å². The summed E-state index contributed by atoms with van der Waals surface area (Å²) in [5, 5.41) is 7.32. The van der Waals surface area contributed by atoms with E-state index in [2.05, 4.69) is 25.4 Å². The summed E-state index contributed by atoms with van der Waals surface area (Å²) in [7, 11) is 0. The van der Waals surface area contributed by atoms with Gasteiger partial charge in [0.05, 0.1) is 6.04 Å². The second-order valence-corrected chi connectivity index (χ2v) is 4.05. The highest BCUT2D eigenvalue weighted by Crippen LogP contribution is 2.23. The van der Waals surface area contributed by atoms with E-state index < -0.39 is 0 Å². The van der Waals surface area contributed by atoms with Gasteiger partial charge in [-0.3, -0.25) is 0 Å². The van der Waals surface area contributed by atoms with E-state index in [1.165, 1.54) is 19.2 Å². The molecule has 0 bridgehead atoms. The lowest BCUT2D eigenvalue weighted by atomic mass is 10.1. The third-order valence-electron chi connectivity index (χ3n) is 2.86. The summed E-state index contributed by atoms with van der Waals surface area (Å²) in [6.45, 7) is 1.01. The molecular weight excluding hydrogens is 218 g/mol. The normalized spacial score (nSPS) is 20.4. The Morgan fingerprint density at radius 3 is 3.12 bits per heavy atom. The summed E-state index contributed by atoms with van der Waals surface area (Å²) < 4.78 is 5.27. The maximum absolute atomic E-state index is 5.27. The summed E-state index contributed by atoms with van der Waals surface area (Å²) >= 11 is 0. The van der Waals surface area contributed by atoms with Crippen LogP contribution >= 0.6 is 0 Å². The fraction of sp³-hybridized carbons (Fsp3) is 0.455. The monoisotopic (exact) mass is 231 g/mol. The van der Waals surface area contributed by atoms with Crippen LogP contribution in [0.4, 0.5) is 0 Å². The zero-order chi connectivity index (χ0) is 11.5. The molecule has 3 rings (SSSR count). The highest BCUT2D eigenvalue weighted by molar-refractivity contribution is 5.46. The van der Waals surface area contributed by atoms with Crippen LogP contribution in [-0.4, -0.2) is 26.7 Å². The Balaban J connectivity index is 1.83. The third-order valence-corrected chi connectivity index (χ3v) is 2.86. The van der Waals surface area contributed by atoms with E-state index in [-0.39, 0.29) is 6.04 Å². The summed E-state index contributed by atoms with van der Waals surface area (Å²) in [5.74, 6) is 1.17. The molecule has 1 N–H and O–H groups in total. The van der Waals surface area contributed by atoms with Crippen molar-refractivity contribution in [3.8, 4) is 11.5 Å². The number of aromatic nitrogens is 4. The lowest BCUT2D eigenvalue weighted by Gasteiger charge is -2.19. The maximum atomic E-state index is 5.27. The third kappa shape index (κ3) is 2.16. The van der Waals surface area contributed by atoms with Crippen LogP contribution in [0.3, 0.4) is 0 Å². The van der Waals surface area contributed by atoms with Crippen LogP contribution in [0.1, 0.15) is 31.2 Å². The van der Waals surface area contributed by atoms with Gasteiger partial charge in [0.1, 0.15) is 12.0 Å². The SMILES string of the molecule is c1cc(-c2noc(C3CCCCN3)n2)ncn1. The molecule has 1 aliphatic rings. The number of rotatable bonds is 2. The Morgan fingerprint density at radius 1 is 1.35 bits per heavy atom. The van der Waals surface area contributed by atoms with Gasteiger partial charge in [-0.2, -0.15) is 4.98 Å². The largest absolute Gasteiger partial charge is 0.337 e. The fourth-order valence-corrected chi connectivity index (χ4v) is 1.97. The van der Waals surface area contributed by atoms with Crippen molar-refractivity contribution in [2.24, 2.45) is 0 Å². The fourth-order valence-electron chi connectivity index (χ4n) is 1.97. The number of hydrogen-bond acceptors (Lipinski definition) is 6. The Labute approximate surface area is 98.5 Å². The van der Waals surface area contributed by atoms with E-state index in [9.17, 15) is 0 Å². The molecule has 1 unspecified atom stereocenters. The standard InChI is InChI=1S/C11H13N5O/c1-2-5-13-9(3-1)11-15-10(16-17-11)8-4-6-12-7-14-8/h4,6-7,9,13H,1-3,5H2. The van der Waals surface area contributed by atoms with Gasteiger partial charge in [-0.05, 0) is 25.5 Å². The van der Waals surface area contributed by atoms with Crippen LogP contribution in [0.5, 0.6) is 0 Å². The first-order chi connectivity index (χ1) is 8.43. The zero-order valence-electron chi connectivity index (χ0n) is 9.33. The minimum Gasteiger partial charge on any atom is -0.337 e. The summed E-state index contributed by atoms with van der Waals surface area (Å²) in [6, 6.07) is 1.95. The van der Waals surface area contributed by atoms with E-state index in [1.807, 2.05) is 0 Å².